The summed E-state index contributed by atoms with van der Waals surface area (Å²) in [4.78, 5) is 0. The summed E-state index contributed by atoms with van der Waals surface area (Å²) in [6.45, 7) is 2.44. The maximum Gasteiger partial charge on any atom is 0.422 e. The van der Waals surface area contributed by atoms with E-state index in [9.17, 15) is 26.7 Å². The third kappa shape index (κ3) is 7.49. The highest BCUT2D eigenvalue weighted by molar-refractivity contribution is 7.87. The van der Waals surface area contributed by atoms with Gasteiger partial charge in [0.25, 0.3) is 10.1 Å². The number of halogens is 3. The van der Waals surface area contributed by atoms with Crippen molar-refractivity contribution in [1.82, 2.24) is 0 Å². The van der Waals surface area contributed by atoms with E-state index in [4.69, 9.17) is 4.74 Å². The summed E-state index contributed by atoms with van der Waals surface area (Å²) in [6.07, 6.45) is -4.49. The van der Waals surface area contributed by atoms with Gasteiger partial charge in [0.1, 0.15) is 13.2 Å². The number of alkyl halides is 3. The first-order valence-electron chi connectivity index (χ1n) is 7.30. The Kier molecular flexibility index (Phi) is 7.09. The second-order valence-corrected chi connectivity index (χ2v) is 7.90. The van der Waals surface area contributed by atoms with Crippen LogP contribution in [0.25, 0.3) is 0 Å². The van der Waals surface area contributed by atoms with Crippen molar-refractivity contribution in [2.24, 2.45) is 5.41 Å². The molecule has 0 bridgehead atoms. The van der Waals surface area contributed by atoms with Crippen LogP contribution in [0, 0.1) is 5.41 Å². The molecule has 0 saturated heterocycles. The second-order valence-electron chi connectivity index (χ2n) is 6.23. The summed E-state index contributed by atoms with van der Waals surface area (Å²) in [5.41, 5.74) is -2.65. The van der Waals surface area contributed by atoms with Crippen molar-refractivity contribution in [3.63, 3.8) is 0 Å². The number of ether oxygens (including phenoxy) is 2. The molecule has 0 aliphatic carbocycles. The Balaban J connectivity index is 2.57. The molecule has 0 aliphatic rings. The largest absolute Gasteiger partial charge is 0.487 e. The highest BCUT2D eigenvalue weighted by Crippen LogP contribution is 2.28. The van der Waals surface area contributed by atoms with Crippen molar-refractivity contribution in [1.29, 1.82) is 0 Å². The Morgan fingerprint density at radius 2 is 1.56 bits per heavy atom. The standard InChI is InChI=1S/C15H21F3O6S/c1-14(2,3)13(19)25(20,21)24-9-8-22-11-6-4-5-7-12(11)23-10-15(16,17)18/h4-7,13,19H,8-10H2,1-3H3. The third-order valence-corrected chi connectivity index (χ3v) is 4.59. The predicted octanol–water partition coefficient (Wildman–Crippen LogP) is 2.72. The molecule has 25 heavy (non-hydrogen) atoms. The van der Waals surface area contributed by atoms with Crippen LogP contribution >= 0.6 is 0 Å². The molecule has 0 heterocycles. The summed E-state index contributed by atoms with van der Waals surface area (Å²) in [7, 11) is -4.22. The zero-order valence-corrected chi connectivity index (χ0v) is 14.9. The summed E-state index contributed by atoms with van der Waals surface area (Å²) in [5, 5.41) is 9.74. The quantitative estimate of drug-likeness (QED) is 0.547. The minimum atomic E-state index is -4.49. The molecule has 1 aromatic carbocycles. The summed E-state index contributed by atoms with van der Waals surface area (Å²) in [6, 6.07) is 5.67. The van der Waals surface area contributed by atoms with Crippen molar-refractivity contribution in [2.75, 3.05) is 19.8 Å². The molecule has 0 aliphatic heterocycles. The van der Waals surface area contributed by atoms with Gasteiger partial charge in [-0.15, -0.1) is 0 Å². The molecule has 144 valence electrons. The normalized spacial score (nSPS) is 14.2. The van der Waals surface area contributed by atoms with Crippen LogP contribution in [0.1, 0.15) is 20.8 Å². The third-order valence-electron chi connectivity index (χ3n) is 2.84. The lowest BCUT2D eigenvalue weighted by atomic mass is 9.98. The number of aliphatic hydroxyl groups excluding tert-OH is 1. The van der Waals surface area contributed by atoms with Crippen LogP contribution in [-0.4, -0.2) is 45.0 Å². The van der Waals surface area contributed by atoms with E-state index in [1.807, 2.05) is 0 Å². The van der Waals surface area contributed by atoms with E-state index >= 15 is 0 Å². The molecule has 0 spiro atoms. The monoisotopic (exact) mass is 386 g/mol. The van der Waals surface area contributed by atoms with Gasteiger partial charge >= 0.3 is 6.18 Å². The van der Waals surface area contributed by atoms with E-state index in [-0.39, 0.29) is 18.1 Å². The first kappa shape index (κ1) is 21.5. The fraction of sp³-hybridized carbons (Fsp3) is 0.600. The average molecular weight is 386 g/mol. The summed E-state index contributed by atoms with van der Waals surface area (Å²) < 4.78 is 74.7. The van der Waals surface area contributed by atoms with Gasteiger partial charge in [-0.3, -0.25) is 4.18 Å². The van der Waals surface area contributed by atoms with Crippen LogP contribution in [0.4, 0.5) is 13.2 Å². The lowest BCUT2D eigenvalue weighted by Gasteiger charge is -2.24. The highest BCUT2D eigenvalue weighted by Gasteiger charge is 2.35. The maximum absolute atomic E-state index is 12.2. The molecule has 0 aromatic heterocycles. The van der Waals surface area contributed by atoms with Crippen molar-refractivity contribution in [3.05, 3.63) is 24.3 Å². The van der Waals surface area contributed by atoms with Crippen molar-refractivity contribution in [3.8, 4) is 11.5 Å². The lowest BCUT2D eigenvalue weighted by molar-refractivity contribution is -0.153. The van der Waals surface area contributed by atoms with E-state index in [0.717, 1.165) is 0 Å². The van der Waals surface area contributed by atoms with E-state index in [1.165, 1.54) is 45.0 Å². The Labute approximate surface area is 144 Å². The summed E-state index contributed by atoms with van der Waals surface area (Å²) >= 11 is 0. The minimum Gasteiger partial charge on any atom is -0.487 e. The van der Waals surface area contributed by atoms with Gasteiger partial charge in [0, 0.05) is 5.41 Å². The minimum absolute atomic E-state index is 0.0177. The number of rotatable bonds is 8. The molecule has 1 aromatic rings. The van der Waals surface area contributed by atoms with Gasteiger partial charge in [-0.1, -0.05) is 32.9 Å². The molecule has 0 saturated carbocycles. The van der Waals surface area contributed by atoms with Crippen molar-refractivity contribution >= 4 is 10.1 Å². The maximum atomic E-state index is 12.2. The Morgan fingerprint density at radius 1 is 1.04 bits per heavy atom. The number of aliphatic hydroxyl groups is 1. The van der Waals surface area contributed by atoms with Crippen LogP contribution < -0.4 is 9.47 Å². The molecule has 1 unspecified atom stereocenters. The number of hydrogen-bond acceptors (Lipinski definition) is 6. The first-order chi connectivity index (χ1) is 11.3. The number of hydrogen-bond donors (Lipinski definition) is 1. The Hall–Kier alpha value is -1.52. The van der Waals surface area contributed by atoms with Gasteiger partial charge in [-0.2, -0.15) is 21.6 Å². The van der Waals surface area contributed by atoms with Crippen molar-refractivity contribution in [2.45, 2.75) is 32.4 Å². The van der Waals surface area contributed by atoms with Crippen LogP contribution in [0.2, 0.25) is 0 Å². The van der Waals surface area contributed by atoms with Gasteiger partial charge in [0.2, 0.25) is 0 Å². The molecule has 0 amide bonds. The SMILES string of the molecule is CC(C)(C)C(O)S(=O)(=O)OCCOc1ccccc1OCC(F)(F)F. The van der Waals surface area contributed by atoms with Gasteiger partial charge < -0.3 is 14.6 Å². The molecular formula is C15H21F3O6S. The van der Waals surface area contributed by atoms with Gasteiger partial charge in [-0.05, 0) is 12.1 Å². The Morgan fingerprint density at radius 3 is 2.04 bits per heavy atom. The van der Waals surface area contributed by atoms with E-state index < -0.39 is 40.4 Å². The molecule has 1 N–H and O–H groups in total. The van der Waals surface area contributed by atoms with Crippen molar-refractivity contribution < 1.29 is 40.4 Å². The summed E-state index contributed by atoms with van der Waals surface area (Å²) in [5.74, 6) is -0.110. The lowest BCUT2D eigenvalue weighted by Crippen LogP contribution is -2.36. The molecule has 0 fully saturated rings. The molecule has 1 rings (SSSR count). The van der Waals surface area contributed by atoms with E-state index in [0.29, 0.717) is 0 Å². The van der Waals surface area contributed by atoms with Gasteiger partial charge in [0.15, 0.2) is 23.5 Å². The van der Waals surface area contributed by atoms with Crippen LogP contribution in [-0.2, 0) is 14.3 Å². The Bertz CT molecular complexity index is 652. The van der Waals surface area contributed by atoms with Crippen LogP contribution in [0.3, 0.4) is 0 Å². The van der Waals surface area contributed by atoms with Gasteiger partial charge in [0.05, 0.1) is 0 Å². The fourth-order valence-corrected chi connectivity index (χ4v) is 2.94. The molecule has 10 heteroatoms. The van der Waals surface area contributed by atoms with Crippen LogP contribution in [0.5, 0.6) is 11.5 Å². The molecular weight excluding hydrogens is 365 g/mol. The number of benzene rings is 1. The topological polar surface area (TPSA) is 82.1 Å². The zero-order chi connectivity index (χ0) is 19.3. The first-order valence-corrected chi connectivity index (χ1v) is 8.78. The number of para-hydroxylation sites is 2. The van der Waals surface area contributed by atoms with Crippen LogP contribution in [0.15, 0.2) is 24.3 Å². The predicted molar refractivity (Wildman–Crippen MR) is 83.8 cm³/mol. The fourth-order valence-electron chi connectivity index (χ4n) is 1.65. The smallest absolute Gasteiger partial charge is 0.422 e. The second kappa shape index (κ2) is 8.24. The van der Waals surface area contributed by atoms with E-state index in [1.54, 1.807) is 0 Å². The van der Waals surface area contributed by atoms with E-state index in [2.05, 4.69) is 8.92 Å². The average Bonchev–Trinajstić information content (AvgIpc) is 2.48. The molecule has 1 atom stereocenters. The molecule has 6 nitrogen and oxygen atoms in total. The highest BCUT2D eigenvalue weighted by atomic mass is 32.2. The van der Waals surface area contributed by atoms with Gasteiger partial charge in [-0.25, -0.2) is 0 Å². The molecule has 0 radical (unpaired) electrons. The zero-order valence-electron chi connectivity index (χ0n) is 14.0.